The third-order valence-corrected chi connectivity index (χ3v) is 3.09. The number of hydrogen-bond acceptors (Lipinski definition) is 0. The van der Waals surface area contributed by atoms with Gasteiger partial charge in [0.15, 0.2) is 0 Å². The van der Waals surface area contributed by atoms with Crippen molar-refractivity contribution < 1.29 is 13.2 Å². The summed E-state index contributed by atoms with van der Waals surface area (Å²) in [6, 6.07) is 12.8. The molecule has 0 aliphatic heterocycles. The molecule has 0 nitrogen and oxygen atoms in total. The lowest BCUT2D eigenvalue weighted by Gasteiger charge is -2.09. The molecule has 0 saturated heterocycles. The van der Waals surface area contributed by atoms with E-state index in [2.05, 4.69) is 22.6 Å². The van der Waals surface area contributed by atoms with Crippen LogP contribution in [0.4, 0.5) is 13.2 Å². The van der Waals surface area contributed by atoms with E-state index in [4.69, 9.17) is 0 Å². The van der Waals surface area contributed by atoms with Crippen LogP contribution >= 0.6 is 22.6 Å². The van der Waals surface area contributed by atoms with Gasteiger partial charge in [-0.2, -0.15) is 13.2 Å². The van der Waals surface area contributed by atoms with Crippen molar-refractivity contribution in [3.63, 3.8) is 0 Å². The van der Waals surface area contributed by atoms with Gasteiger partial charge in [0.2, 0.25) is 0 Å². The van der Waals surface area contributed by atoms with Crippen molar-refractivity contribution in [2.24, 2.45) is 0 Å². The van der Waals surface area contributed by atoms with Gasteiger partial charge < -0.3 is 0 Å². The van der Waals surface area contributed by atoms with E-state index in [0.717, 1.165) is 28.8 Å². The molecular formula is C15H10F3I. The molecule has 98 valence electrons. The molecule has 0 aliphatic carbocycles. The highest BCUT2D eigenvalue weighted by molar-refractivity contribution is 14.1. The first kappa shape index (κ1) is 14.1. The minimum atomic E-state index is -4.29. The second-order valence-electron chi connectivity index (χ2n) is 3.96. The lowest BCUT2D eigenvalue weighted by Crippen LogP contribution is -2.04. The third kappa shape index (κ3) is 3.37. The maximum Gasteiger partial charge on any atom is 0.416 e. The predicted octanol–water partition coefficient (Wildman–Crippen LogP) is 5.78. The summed E-state index contributed by atoms with van der Waals surface area (Å²) < 4.78 is 39.4. The molecule has 2 aromatic rings. The molecule has 0 spiro atoms. The molecule has 19 heavy (non-hydrogen) atoms. The van der Waals surface area contributed by atoms with Gasteiger partial charge in [0.25, 0.3) is 0 Å². The number of alkyl halides is 3. The van der Waals surface area contributed by atoms with Gasteiger partial charge in [-0.25, -0.2) is 0 Å². The zero-order valence-corrected chi connectivity index (χ0v) is 11.9. The number of benzene rings is 2. The largest absolute Gasteiger partial charge is 0.416 e. The first-order chi connectivity index (χ1) is 9.02. The Morgan fingerprint density at radius 3 is 2.11 bits per heavy atom. The zero-order chi connectivity index (χ0) is 13.9. The second-order valence-corrected chi connectivity index (χ2v) is 4.67. The molecule has 0 unspecified atom stereocenters. The van der Waals surface area contributed by atoms with Crippen molar-refractivity contribution in [3.05, 3.63) is 63.7 Å². The molecule has 0 bridgehead atoms. The summed E-state index contributed by atoms with van der Waals surface area (Å²) in [6.45, 7) is 0. The molecular weight excluding hydrogens is 364 g/mol. The van der Waals surface area contributed by atoms with Crippen molar-refractivity contribution in [1.82, 2.24) is 0 Å². The predicted molar refractivity (Wildman–Crippen MR) is 79.9 cm³/mol. The van der Waals surface area contributed by atoms with Crippen LogP contribution in [0.2, 0.25) is 0 Å². The van der Waals surface area contributed by atoms with Crippen molar-refractivity contribution in [2.45, 2.75) is 6.18 Å². The Hall–Kier alpha value is -1.30. The van der Waals surface area contributed by atoms with Gasteiger partial charge in [-0.1, -0.05) is 59.0 Å². The average molecular weight is 374 g/mol. The minimum absolute atomic E-state index is 0.627. The maximum absolute atomic E-state index is 12.5. The van der Waals surface area contributed by atoms with Crippen molar-refractivity contribution >= 4 is 28.7 Å². The molecule has 0 radical (unpaired) electrons. The van der Waals surface area contributed by atoms with Gasteiger partial charge in [0, 0.05) is 0 Å². The molecule has 0 aromatic heterocycles. The van der Waals surface area contributed by atoms with Gasteiger partial charge in [-0.3, -0.25) is 0 Å². The summed E-state index contributed by atoms with van der Waals surface area (Å²) in [5.41, 5.74) is 2.05. The van der Waals surface area contributed by atoms with Crippen LogP contribution in [0.3, 0.4) is 0 Å². The van der Waals surface area contributed by atoms with E-state index in [0.29, 0.717) is 0 Å². The van der Waals surface area contributed by atoms with Crippen LogP contribution in [-0.2, 0) is 6.18 Å². The number of rotatable bonds is 2. The average Bonchev–Trinajstić information content (AvgIpc) is 2.39. The molecule has 0 heterocycles. The summed E-state index contributed by atoms with van der Waals surface area (Å²) in [7, 11) is 0. The fourth-order valence-corrected chi connectivity index (χ4v) is 2.20. The molecule has 2 aromatic carbocycles. The number of halogens is 4. The Morgan fingerprint density at radius 1 is 0.895 bits per heavy atom. The monoisotopic (exact) mass is 374 g/mol. The molecule has 0 amide bonds. The Labute approximate surface area is 123 Å². The molecule has 0 atom stereocenters. The van der Waals surface area contributed by atoms with E-state index in [1.165, 1.54) is 12.1 Å². The highest BCUT2D eigenvalue weighted by Gasteiger charge is 2.29. The zero-order valence-electron chi connectivity index (χ0n) is 9.79. The lowest BCUT2D eigenvalue weighted by molar-refractivity contribution is -0.137. The van der Waals surface area contributed by atoms with Crippen LogP contribution in [0.5, 0.6) is 0 Å². The Bertz CT molecular complexity index is 583. The smallest absolute Gasteiger partial charge is 0.166 e. The van der Waals surface area contributed by atoms with Crippen molar-refractivity contribution in [2.75, 3.05) is 0 Å². The Balaban J connectivity index is 2.43. The SMILES string of the molecule is FC(F)(F)c1ccc(-c2ccccc2C=CI)cc1. The minimum Gasteiger partial charge on any atom is -0.166 e. The normalized spacial score (nSPS) is 12.0. The van der Waals surface area contributed by atoms with Crippen molar-refractivity contribution in [3.8, 4) is 11.1 Å². The summed E-state index contributed by atoms with van der Waals surface area (Å²) in [5, 5.41) is 0. The first-order valence-electron chi connectivity index (χ1n) is 5.56. The summed E-state index contributed by atoms with van der Waals surface area (Å²) in [5.74, 6) is 0. The number of hydrogen-bond donors (Lipinski definition) is 0. The van der Waals surface area contributed by atoms with E-state index in [1.807, 2.05) is 34.4 Å². The summed E-state index contributed by atoms with van der Waals surface area (Å²) in [6.07, 6.45) is -2.37. The van der Waals surface area contributed by atoms with Gasteiger partial charge >= 0.3 is 6.18 Å². The molecule has 0 saturated carbocycles. The molecule has 0 N–H and O–H groups in total. The van der Waals surface area contributed by atoms with Gasteiger partial charge in [0.1, 0.15) is 0 Å². The van der Waals surface area contributed by atoms with Crippen LogP contribution in [0.15, 0.2) is 52.6 Å². The molecule has 0 fully saturated rings. The topological polar surface area (TPSA) is 0 Å². The van der Waals surface area contributed by atoms with Crippen molar-refractivity contribution in [1.29, 1.82) is 0 Å². The van der Waals surface area contributed by atoms with Crippen LogP contribution in [0.25, 0.3) is 17.2 Å². The van der Waals surface area contributed by atoms with E-state index in [1.54, 1.807) is 0 Å². The van der Waals surface area contributed by atoms with E-state index >= 15 is 0 Å². The second kappa shape index (κ2) is 5.77. The summed E-state index contributed by atoms with van der Waals surface area (Å²) >= 11 is 2.11. The maximum atomic E-state index is 12.5. The highest BCUT2D eigenvalue weighted by Crippen LogP contribution is 2.32. The summed E-state index contributed by atoms with van der Waals surface area (Å²) in [4.78, 5) is 0. The van der Waals surface area contributed by atoms with Gasteiger partial charge in [-0.05, 0) is 39.0 Å². The first-order valence-corrected chi connectivity index (χ1v) is 6.80. The van der Waals surface area contributed by atoms with E-state index < -0.39 is 11.7 Å². The van der Waals surface area contributed by atoms with Gasteiger partial charge in [-0.15, -0.1) is 0 Å². The lowest BCUT2D eigenvalue weighted by atomic mass is 9.99. The highest BCUT2D eigenvalue weighted by atomic mass is 127. The fraction of sp³-hybridized carbons (Fsp3) is 0.0667. The quantitative estimate of drug-likeness (QED) is 0.585. The van der Waals surface area contributed by atoms with Crippen LogP contribution in [0.1, 0.15) is 11.1 Å². The van der Waals surface area contributed by atoms with E-state index in [-0.39, 0.29) is 0 Å². The Morgan fingerprint density at radius 2 is 1.53 bits per heavy atom. The Kier molecular flexibility index (Phi) is 4.29. The fourth-order valence-electron chi connectivity index (χ4n) is 1.81. The van der Waals surface area contributed by atoms with Gasteiger partial charge in [0.05, 0.1) is 5.56 Å². The molecule has 4 heteroatoms. The molecule has 2 rings (SSSR count). The standard InChI is InChI=1S/C15H10F3I/c16-15(17,18)13-7-5-12(6-8-13)14-4-2-1-3-11(14)9-10-19/h1-10H. The van der Waals surface area contributed by atoms with E-state index in [9.17, 15) is 13.2 Å². The van der Waals surface area contributed by atoms with Crippen LogP contribution in [-0.4, -0.2) is 0 Å². The van der Waals surface area contributed by atoms with Crippen LogP contribution in [0, 0.1) is 0 Å². The molecule has 0 aliphatic rings. The van der Waals surface area contributed by atoms with Crippen LogP contribution < -0.4 is 0 Å². The third-order valence-electron chi connectivity index (χ3n) is 2.73.